The Morgan fingerprint density at radius 2 is 1.59 bits per heavy atom. The zero-order valence-corrected chi connectivity index (χ0v) is 19.9. The van der Waals surface area contributed by atoms with Crippen molar-refractivity contribution in [1.82, 2.24) is 4.90 Å². The summed E-state index contributed by atoms with van der Waals surface area (Å²) in [4.78, 5) is 28.6. The predicted molar refractivity (Wildman–Crippen MR) is 132 cm³/mol. The van der Waals surface area contributed by atoms with Gasteiger partial charge in [0, 0.05) is 37.5 Å². The smallest absolute Gasteiger partial charge is 0.333 e. The topological polar surface area (TPSA) is 58.6 Å². The summed E-state index contributed by atoms with van der Waals surface area (Å²) < 4.78 is 6.99. The van der Waals surface area contributed by atoms with Crippen LogP contribution in [0.4, 0.5) is 5.69 Å². The Bertz CT molecular complexity index is 967. The van der Waals surface area contributed by atoms with Crippen molar-refractivity contribution in [2.45, 2.75) is 44.2 Å². The number of rotatable bonds is 7. The zero-order chi connectivity index (χ0) is 23.4. The van der Waals surface area contributed by atoms with Crippen LogP contribution in [0.1, 0.15) is 43.7 Å². The number of anilines is 1. The van der Waals surface area contributed by atoms with Gasteiger partial charge in [-0.1, -0.05) is 48.5 Å². The fraction of sp³-hybridized carbons (Fsp3) is 0.500. The largest absolute Gasteiger partial charge is 0.454 e. The van der Waals surface area contributed by atoms with Crippen molar-refractivity contribution >= 4 is 17.6 Å². The number of amides is 1. The van der Waals surface area contributed by atoms with Crippen LogP contribution in [0.25, 0.3) is 0 Å². The number of hydrogen-bond donors (Lipinski definition) is 1. The Hall–Kier alpha value is -2.86. The molecule has 34 heavy (non-hydrogen) atoms. The molecule has 4 fully saturated rings. The summed E-state index contributed by atoms with van der Waals surface area (Å²) in [5, 5.41) is 3.37. The molecule has 6 rings (SSSR count). The van der Waals surface area contributed by atoms with E-state index in [0.29, 0.717) is 12.5 Å². The molecule has 2 bridgehead atoms. The van der Waals surface area contributed by atoms with Crippen LogP contribution >= 0.6 is 0 Å². The van der Waals surface area contributed by atoms with Crippen LogP contribution in [0.2, 0.25) is 0 Å². The molecule has 6 nitrogen and oxygen atoms in total. The molecule has 2 atom stereocenters. The van der Waals surface area contributed by atoms with E-state index in [1.807, 2.05) is 65.6 Å². The fourth-order valence-corrected chi connectivity index (χ4v) is 5.95. The van der Waals surface area contributed by atoms with E-state index in [4.69, 9.17) is 4.74 Å². The number of nitrogens with zero attached hydrogens (tertiary/aromatic N) is 2. The molecule has 2 aromatic carbocycles. The first-order valence-corrected chi connectivity index (χ1v) is 12.8. The molecule has 180 valence electrons. The summed E-state index contributed by atoms with van der Waals surface area (Å²) in [5.74, 6) is 0.425. The molecular formula is C28H36N3O3+. The Kier molecular flexibility index (Phi) is 6.86. The monoisotopic (exact) mass is 462 g/mol. The number of carbonyl (C=O) groups excluding carboxylic acids is 2. The number of ether oxygens (including phenoxy) is 1. The van der Waals surface area contributed by atoms with Gasteiger partial charge >= 0.3 is 5.97 Å². The van der Waals surface area contributed by atoms with Crippen molar-refractivity contribution in [3.63, 3.8) is 0 Å². The van der Waals surface area contributed by atoms with Gasteiger partial charge in [0.05, 0.1) is 13.1 Å². The molecule has 6 heteroatoms. The lowest BCUT2D eigenvalue weighted by Crippen LogP contribution is -2.67. The average molecular weight is 463 g/mol. The molecule has 4 heterocycles. The standard InChI is InChI=1S/C28H36N3O3/c32-26(30-16-8-3-9-17-30)21-31-18-14-22(15-19-31)25(20-31)34-28(33)27(23-10-4-1-5-11-23)29-24-12-6-2-7-13-24/h1-2,4-7,10-13,22,25,27,29H,3,8-9,14-21H2/q+1/t22?,25-,27?,31?/m0/s1. The van der Waals surface area contributed by atoms with Crippen LogP contribution in [-0.4, -0.2) is 66.6 Å². The second kappa shape index (κ2) is 10.2. The van der Waals surface area contributed by atoms with Crippen LogP contribution in [-0.2, 0) is 14.3 Å². The lowest BCUT2D eigenvalue weighted by Gasteiger charge is -2.52. The second-order valence-electron chi connectivity index (χ2n) is 10.2. The third-order valence-electron chi connectivity index (χ3n) is 7.94. The highest BCUT2D eigenvalue weighted by Crippen LogP contribution is 2.36. The highest BCUT2D eigenvalue weighted by molar-refractivity contribution is 5.81. The molecule has 0 aromatic heterocycles. The van der Waals surface area contributed by atoms with Gasteiger partial charge in [-0.25, -0.2) is 4.79 Å². The molecule has 0 aliphatic carbocycles. The summed E-state index contributed by atoms with van der Waals surface area (Å²) in [6.45, 7) is 5.12. The van der Waals surface area contributed by atoms with Gasteiger partial charge < -0.3 is 19.4 Å². The van der Waals surface area contributed by atoms with E-state index in [-0.39, 0.29) is 18.0 Å². The van der Waals surface area contributed by atoms with Crippen molar-refractivity contribution in [3.05, 3.63) is 66.2 Å². The summed E-state index contributed by atoms with van der Waals surface area (Å²) in [5.41, 5.74) is 1.78. The Morgan fingerprint density at radius 3 is 2.26 bits per heavy atom. The van der Waals surface area contributed by atoms with Gasteiger partial charge in [-0.2, -0.15) is 0 Å². The number of likely N-dealkylation sites (tertiary alicyclic amines) is 1. The van der Waals surface area contributed by atoms with Gasteiger partial charge in [-0.3, -0.25) is 4.79 Å². The van der Waals surface area contributed by atoms with Gasteiger partial charge in [0.1, 0.15) is 6.54 Å². The fourth-order valence-electron chi connectivity index (χ4n) is 5.95. The van der Waals surface area contributed by atoms with Crippen LogP contribution < -0.4 is 5.32 Å². The van der Waals surface area contributed by atoms with Crippen molar-refractivity contribution in [1.29, 1.82) is 0 Å². The molecule has 0 spiro atoms. The van der Waals surface area contributed by atoms with Crippen molar-refractivity contribution in [2.24, 2.45) is 5.92 Å². The maximum Gasteiger partial charge on any atom is 0.333 e. The number of hydrogen-bond acceptors (Lipinski definition) is 4. The molecule has 2 aromatic rings. The molecule has 0 radical (unpaired) electrons. The van der Waals surface area contributed by atoms with Crippen LogP contribution in [0.5, 0.6) is 0 Å². The van der Waals surface area contributed by atoms with Crippen molar-refractivity contribution < 1.29 is 18.8 Å². The Morgan fingerprint density at radius 1 is 0.941 bits per heavy atom. The van der Waals surface area contributed by atoms with E-state index in [2.05, 4.69) is 5.32 Å². The van der Waals surface area contributed by atoms with E-state index in [1.165, 1.54) is 6.42 Å². The first-order chi connectivity index (χ1) is 16.6. The lowest BCUT2D eigenvalue weighted by atomic mass is 9.83. The van der Waals surface area contributed by atoms with Gasteiger partial charge in [0.25, 0.3) is 5.91 Å². The normalized spacial score (nSPS) is 27.1. The van der Waals surface area contributed by atoms with Gasteiger partial charge in [0.15, 0.2) is 18.7 Å². The maximum absolute atomic E-state index is 13.5. The summed E-state index contributed by atoms with van der Waals surface area (Å²) in [6, 6.07) is 19.0. The number of carbonyl (C=O) groups is 2. The minimum Gasteiger partial charge on any atom is -0.454 e. The van der Waals surface area contributed by atoms with Gasteiger partial charge in [-0.05, 0) is 37.0 Å². The first kappa shape index (κ1) is 22.9. The number of piperidine rings is 4. The predicted octanol–water partition coefficient (Wildman–Crippen LogP) is 4.00. The highest BCUT2D eigenvalue weighted by Gasteiger charge is 2.49. The number of nitrogens with one attached hydrogen (secondary N) is 1. The zero-order valence-electron chi connectivity index (χ0n) is 19.9. The summed E-state index contributed by atoms with van der Waals surface area (Å²) >= 11 is 0. The molecule has 4 aliphatic rings. The van der Waals surface area contributed by atoms with E-state index < -0.39 is 6.04 Å². The van der Waals surface area contributed by atoms with Crippen molar-refractivity contribution in [2.75, 3.05) is 44.6 Å². The molecule has 0 saturated carbocycles. The molecule has 1 unspecified atom stereocenters. The van der Waals surface area contributed by atoms with E-state index in [1.54, 1.807) is 0 Å². The quantitative estimate of drug-likeness (QED) is 0.499. The van der Waals surface area contributed by atoms with Crippen molar-refractivity contribution in [3.8, 4) is 0 Å². The summed E-state index contributed by atoms with van der Waals surface area (Å²) in [6.07, 6.45) is 5.36. The second-order valence-corrected chi connectivity index (χ2v) is 10.2. The SMILES string of the molecule is O=C(O[C@H]1C[N+]2(CC(=O)N3CCCCC3)CCC1CC2)C(Nc1ccccc1)c1ccccc1. The first-order valence-electron chi connectivity index (χ1n) is 12.8. The molecule has 1 N–H and O–H groups in total. The van der Waals surface area contributed by atoms with Crippen LogP contribution in [0, 0.1) is 5.92 Å². The third kappa shape index (κ3) is 5.12. The Balaban J connectivity index is 1.28. The van der Waals surface area contributed by atoms with Crippen LogP contribution in [0.3, 0.4) is 0 Å². The van der Waals surface area contributed by atoms with E-state index in [9.17, 15) is 9.59 Å². The number of para-hydroxylation sites is 1. The molecule has 4 aliphatic heterocycles. The van der Waals surface area contributed by atoms with Gasteiger partial charge in [0.2, 0.25) is 0 Å². The number of fused-ring (bicyclic) bond motifs is 3. The minimum absolute atomic E-state index is 0.132. The lowest BCUT2D eigenvalue weighted by molar-refractivity contribution is -0.939. The molecule has 1 amide bonds. The highest BCUT2D eigenvalue weighted by atomic mass is 16.5. The molecule has 4 saturated heterocycles. The van der Waals surface area contributed by atoms with Crippen LogP contribution in [0.15, 0.2) is 60.7 Å². The van der Waals surface area contributed by atoms with E-state index >= 15 is 0 Å². The number of esters is 1. The summed E-state index contributed by atoms with van der Waals surface area (Å²) in [7, 11) is 0. The maximum atomic E-state index is 13.5. The average Bonchev–Trinajstić information content (AvgIpc) is 2.89. The van der Waals surface area contributed by atoms with E-state index in [0.717, 1.165) is 74.1 Å². The number of quaternary nitrogens is 1. The molecular weight excluding hydrogens is 426 g/mol. The Labute approximate surface area is 202 Å². The van der Waals surface area contributed by atoms with Gasteiger partial charge in [-0.15, -0.1) is 0 Å². The number of benzene rings is 2. The minimum atomic E-state index is -0.567. The third-order valence-corrected chi connectivity index (χ3v) is 7.94.